The first-order chi connectivity index (χ1) is 25.3. The van der Waals surface area contributed by atoms with Crippen molar-refractivity contribution in [1.29, 1.82) is 0 Å². The van der Waals surface area contributed by atoms with E-state index < -0.39 is 0 Å². The van der Waals surface area contributed by atoms with Gasteiger partial charge in [0.25, 0.3) is 0 Å². The summed E-state index contributed by atoms with van der Waals surface area (Å²) in [7, 11) is 0. The highest BCUT2D eigenvalue weighted by atomic mass is 32.1. The third kappa shape index (κ3) is 5.01. The first-order valence-corrected chi connectivity index (χ1v) is 18.2. The highest BCUT2D eigenvalue weighted by molar-refractivity contribution is 7.26. The number of fused-ring (bicyclic) bond motifs is 7. The predicted molar refractivity (Wildman–Crippen MR) is 219 cm³/mol. The molecular formula is C48H32N2S. The van der Waals surface area contributed by atoms with Crippen LogP contribution in [-0.4, -0.2) is 4.57 Å². The molecule has 10 rings (SSSR count). The van der Waals surface area contributed by atoms with Crippen LogP contribution in [0.25, 0.3) is 69.9 Å². The fourth-order valence-corrected chi connectivity index (χ4v) is 8.84. The molecule has 0 unspecified atom stereocenters. The summed E-state index contributed by atoms with van der Waals surface area (Å²) in [5, 5.41) is 5.24. The van der Waals surface area contributed by atoms with E-state index in [0.29, 0.717) is 0 Å². The van der Waals surface area contributed by atoms with Crippen molar-refractivity contribution in [3.63, 3.8) is 0 Å². The van der Waals surface area contributed by atoms with Crippen LogP contribution in [0.3, 0.4) is 0 Å². The quantitative estimate of drug-likeness (QED) is 0.171. The Morgan fingerprint density at radius 3 is 1.61 bits per heavy atom. The van der Waals surface area contributed by atoms with Gasteiger partial charge in [-0.2, -0.15) is 0 Å². The van der Waals surface area contributed by atoms with Crippen LogP contribution < -0.4 is 4.90 Å². The van der Waals surface area contributed by atoms with Gasteiger partial charge in [-0.1, -0.05) is 121 Å². The van der Waals surface area contributed by atoms with E-state index in [1.807, 2.05) is 11.3 Å². The monoisotopic (exact) mass is 668 g/mol. The van der Waals surface area contributed by atoms with E-state index in [9.17, 15) is 0 Å². The molecule has 0 aliphatic heterocycles. The first-order valence-electron chi connectivity index (χ1n) is 17.4. The van der Waals surface area contributed by atoms with E-state index in [1.54, 1.807) is 0 Å². The molecule has 0 spiro atoms. The van der Waals surface area contributed by atoms with Gasteiger partial charge >= 0.3 is 0 Å². The van der Waals surface area contributed by atoms with Crippen LogP contribution in [0.5, 0.6) is 0 Å². The van der Waals surface area contributed by atoms with Crippen LogP contribution in [0.2, 0.25) is 0 Å². The smallest absolute Gasteiger partial charge is 0.0555 e. The fraction of sp³-hybridized carbons (Fsp3) is 0. The number of para-hydroxylation sites is 2. The van der Waals surface area contributed by atoms with Gasteiger partial charge in [-0.05, 0) is 95.1 Å². The SMILES string of the molecule is c1ccc(-c2ccc(N(c3ccccc3)c3ccc(-c4ccc5c(c4)c4c6sc7ccccc7c6ccc4n5-c4ccccc4)cc3)cc2)cc1. The van der Waals surface area contributed by atoms with Gasteiger partial charge in [0.1, 0.15) is 0 Å². The second-order valence-corrected chi connectivity index (χ2v) is 14.0. The van der Waals surface area contributed by atoms with E-state index in [1.165, 1.54) is 69.9 Å². The standard InChI is InChI=1S/C48H32N2S/c1-4-12-33(13-5-1)34-20-25-39(26-21-34)49(37-14-6-2-7-15-37)40-27-22-35(23-28-40)36-24-30-44-43(32-36)47-45(50(44)38-16-8-3-9-17-38)31-29-42-41-18-10-11-19-46(41)51-48(42)47/h1-32H. The second-order valence-electron chi connectivity index (χ2n) is 13.0. The third-order valence-corrected chi connectivity index (χ3v) is 11.2. The number of nitrogens with zero attached hydrogens (tertiary/aromatic N) is 2. The molecule has 0 radical (unpaired) electrons. The Hall–Kier alpha value is -6.42. The van der Waals surface area contributed by atoms with Crippen molar-refractivity contribution < 1.29 is 0 Å². The molecule has 0 saturated heterocycles. The fourth-order valence-electron chi connectivity index (χ4n) is 7.58. The largest absolute Gasteiger partial charge is 0.311 e. The molecule has 0 N–H and O–H groups in total. The zero-order chi connectivity index (χ0) is 33.7. The number of rotatable bonds is 6. The van der Waals surface area contributed by atoms with Crippen LogP contribution in [0.15, 0.2) is 194 Å². The van der Waals surface area contributed by atoms with Gasteiger partial charge in [0.2, 0.25) is 0 Å². The van der Waals surface area contributed by atoms with Crippen molar-refractivity contribution in [3.8, 4) is 27.9 Å². The van der Waals surface area contributed by atoms with Crippen LogP contribution in [0.1, 0.15) is 0 Å². The van der Waals surface area contributed by atoms with Gasteiger partial charge in [0.05, 0.1) is 11.0 Å². The van der Waals surface area contributed by atoms with Gasteiger partial charge in [-0.3, -0.25) is 0 Å². The summed E-state index contributed by atoms with van der Waals surface area (Å²) in [6.07, 6.45) is 0. The average molecular weight is 669 g/mol. The highest BCUT2D eigenvalue weighted by Gasteiger charge is 2.19. The van der Waals surface area contributed by atoms with Gasteiger partial charge in [0, 0.05) is 53.7 Å². The van der Waals surface area contributed by atoms with Crippen molar-refractivity contribution in [2.24, 2.45) is 0 Å². The van der Waals surface area contributed by atoms with Crippen molar-refractivity contribution in [3.05, 3.63) is 194 Å². The highest BCUT2D eigenvalue weighted by Crippen LogP contribution is 2.44. The topological polar surface area (TPSA) is 8.17 Å². The second kappa shape index (κ2) is 12.2. The molecule has 51 heavy (non-hydrogen) atoms. The van der Waals surface area contributed by atoms with Crippen molar-refractivity contribution in [2.75, 3.05) is 4.90 Å². The molecule has 0 fully saturated rings. The molecule has 8 aromatic carbocycles. The number of anilines is 3. The molecule has 0 bridgehead atoms. The average Bonchev–Trinajstić information content (AvgIpc) is 3.75. The summed E-state index contributed by atoms with van der Waals surface area (Å²) >= 11 is 1.90. The minimum Gasteiger partial charge on any atom is -0.311 e. The summed E-state index contributed by atoms with van der Waals surface area (Å²) < 4.78 is 5.09. The van der Waals surface area contributed by atoms with Crippen LogP contribution in [0, 0.1) is 0 Å². The summed E-state index contributed by atoms with van der Waals surface area (Å²) in [4.78, 5) is 2.33. The van der Waals surface area contributed by atoms with Gasteiger partial charge in [0.15, 0.2) is 0 Å². The Morgan fingerprint density at radius 1 is 0.373 bits per heavy atom. The first kappa shape index (κ1) is 29.5. The van der Waals surface area contributed by atoms with E-state index in [0.717, 1.165) is 17.1 Å². The lowest BCUT2D eigenvalue weighted by atomic mass is 10.0. The molecule has 0 atom stereocenters. The Bertz CT molecular complexity index is 2820. The lowest BCUT2D eigenvalue weighted by molar-refractivity contribution is 1.18. The Labute approximate surface area is 300 Å². The molecule has 2 nitrogen and oxygen atoms in total. The van der Waals surface area contributed by atoms with Gasteiger partial charge < -0.3 is 9.47 Å². The van der Waals surface area contributed by atoms with E-state index in [2.05, 4.69) is 204 Å². The number of thiophene rings is 1. The number of hydrogen-bond acceptors (Lipinski definition) is 2. The molecule has 10 aromatic rings. The molecule has 0 amide bonds. The molecular weight excluding hydrogens is 637 g/mol. The molecule has 0 aliphatic carbocycles. The van der Waals surface area contributed by atoms with E-state index in [-0.39, 0.29) is 0 Å². The maximum atomic E-state index is 2.42. The third-order valence-electron chi connectivity index (χ3n) is 9.99. The van der Waals surface area contributed by atoms with E-state index >= 15 is 0 Å². The lowest BCUT2D eigenvalue weighted by Crippen LogP contribution is -2.09. The summed E-state index contributed by atoms with van der Waals surface area (Å²) in [5.74, 6) is 0. The molecule has 0 saturated carbocycles. The molecule has 240 valence electrons. The Balaban J connectivity index is 1.10. The molecule has 3 heteroatoms. The van der Waals surface area contributed by atoms with Gasteiger partial charge in [-0.25, -0.2) is 0 Å². The molecule has 0 aliphatic rings. The zero-order valence-electron chi connectivity index (χ0n) is 27.8. The predicted octanol–water partition coefficient (Wildman–Crippen LogP) is 14.0. The summed E-state index contributed by atoms with van der Waals surface area (Å²) in [6.45, 7) is 0. The minimum absolute atomic E-state index is 1.12. The number of hydrogen-bond donors (Lipinski definition) is 0. The van der Waals surface area contributed by atoms with E-state index in [4.69, 9.17) is 0 Å². The van der Waals surface area contributed by atoms with Crippen LogP contribution in [-0.2, 0) is 0 Å². The number of benzene rings is 8. The van der Waals surface area contributed by atoms with Crippen molar-refractivity contribution >= 4 is 70.4 Å². The minimum atomic E-state index is 1.12. The number of aromatic nitrogens is 1. The van der Waals surface area contributed by atoms with Crippen molar-refractivity contribution in [1.82, 2.24) is 4.57 Å². The van der Waals surface area contributed by atoms with Crippen LogP contribution in [0.4, 0.5) is 17.1 Å². The molecule has 2 aromatic heterocycles. The summed E-state index contributed by atoms with van der Waals surface area (Å²) in [6, 6.07) is 70.1. The molecule has 2 heterocycles. The Morgan fingerprint density at radius 2 is 0.902 bits per heavy atom. The maximum absolute atomic E-state index is 2.42. The van der Waals surface area contributed by atoms with Crippen LogP contribution >= 0.6 is 11.3 Å². The van der Waals surface area contributed by atoms with Crippen molar-refractivity contribution in [2.45, 2.75) is 0 Å². The lowest BCUT2D eigenvalue weighted by Gasteiger charge is -2.26. The Kier molecular flexibility index (Phi) is 7.04. The normalized spacial score (nSPS) is 11.5. The summed E-state index contributed by atoms with van der Waals surface area (Å²) in [5.41, 5.74) is 11.8. The maximum Gasteiger partial charge on any atom is 0.0555 e. The zero-order valence-corrected chi connectivity index (χ0v) is 28.6. The van der Waals surface area contributed by atoms with Gasteiger partial charge in [-0.15, -0.1) is 11.3 Å².